The van der Waals surface area contributed by atoms with Gasteiger partial charge in [0.15, 0.2) is 0 Å². The van der Waals surface area contributed by atoms with Gasteiger partial charge in [0.25, 0.3) is 0 Å². The van der Waals surface area contributed by atoms with E-state index < -0.39 is 0 Å². The van der Waals surface area contributed by atoms with Crippen LogP contribution in [0.2, 0.25) is 0 Å². The van der Waals surface area contributed by atoms with E-state index in [9.17, 15) is 4.79 Å². The Kier molecular flexibility index (Phi) is 4.95. The molecular weight excluding hydrogens is 150 g/mol. The van der Waals surface area contributed by atoms with Crippen molar-refractivity contribution in [1.29, 1.82) is 0 Å². The maximum Gasteiger partial charge on any atom is 0.222 e. The highest BCUT2D eigenvalue weighted by atomic mass is 16.2. The molecule has 0 aromatic carbocycles. The van der Waals surface area contributed by atoms with E-state index in [-0.39, 0.29) is 7.43 Å². The van der Waals surface area contributed by atoms with Crippen LogP contribution in [0.3, 0.4) is 0 Å². The third kappa shape index (κ3) is 2.23. The minimum Gasteiger partial charge on any atom is -0.340 e. The maximum absolute atomic E-state index is 11.3. The van der Waals surface area contributed by atoms with Crippen LogP contribution in [-0.2, 0) is 4.79 Å². The first-order chi connectivity index (χ1) is 5.29. The Morgan fingerprint density at radius 1 is 1.42 bits per heavy atom. The van der Waals surface area contributed by atoms with E-state index in [2.05, 4.69) is 13.8 Å². The standard InChI is InChI=1S/C9H17NO.CH4/c1-3-8(4-2)10-7-5-6-9(10)11;/h8H,3-7H2,1-2H3;1H4. The second kappa shape index (κ2) is 5.18. The predicted octanol–water partition coefficient (Wildman–Crippen LogP) is 2.43. The number of hydrogen-bond donors (Lipinski definition) is 0. The van der Waals surface area contributed by atoms with Crippen molar-refractivity contribution in [3.05, 3.63) is 0 Å². The Labute approximate surface area is 75.9 Å². The summed E-state index contributed by atoms with van der Waals surface area (Å²) >= 11 is 0. The summed E-state index contributed by atoms with van der Waals surface area (Å²) in [7, 11) is 0. The first kappa shape index (κ1) is 11.5. The third-order valence-electron chi connectivity index (χ3n) is 2.49. The maximum atomic E-state index is 11.3. The molecule has 0 aromatic heterocycles. The minimum absolute atomic E-state index is 0. The molecule has 1 aliphatic heterocycles. The van der Waals surface area contributed by atoms with Crippen molar-refractivity contribution in [3.63, 3.8) is 0 Å². The fourth-order valence-electron chi connectivity index (χ4n) is 1.78. The fourth-order valence-corrected chi connectivity index (χ4v) is 1.78. The highest BCUT2D eigenvalue weighted by molar-refractivity contribution is 5.78. The Morgan fingerprint density at radius 3 is 2.33 bits per heavy atom. The molecule has 0 radical (unpaired) electrons. The normalized spacial score (nSPS) is 16.9. The zero-order valence-corrected chi connectivity index (χ0v) is 7.47. The molecular formula is C10H21NO. The predicted molar refractivity (Wildman–Crippen MR) is 52.0 cm³/mol. The highest BCUT2D eigenvalue weighted by Crippen LogP contribution is 2.17. The quantitative estimate of drug-likeness (QED) is 0.638. The van der Waals surface area contributed by atoms with Crippen molar-refractivity contribution in [2.45, 2.75) is 53.0 Å². The highest BCUT2D eigenvalue weighted by Gasteiger charge is 2.25. The van der Waals surface area contributed by atoms with Gasteiger partial charge in [-0.15, -0.1) is 0 Å². The number of carbonyl (C=O) groups is 1. The van der Waals surface area contributed by atoms with E-state index in [0.29, 0.717) is 11.9 Å². The van der Waals surface area contributed by atoms with Gasteiger partial charge in [-0.25, -0.2) is 0 Å². The summed E-state index contributed by atoms with van der Waals surface area (Å²) in [5, 5.41) is 0. The molecule has 12 heavy (non-hydrogen) atoms. The minimum atomic E-state index is 0. The van der Waals surface area contributed by atoms with Crippen molar-refractivity contribution in [2.24, 2.45) is 0 Å². The first-order valence-corrected chi connectivity index (χ1v) is 4.59. The summed E-state index contributed by atoms with van der Waals surface area (Å²) in [5.41, 5.74) is 0. The van der Waals surface area contributed by atoms with Gasteiger partial charge in [0.1, 0.15) is 0 Å². The van der Waals surface area contributed by atoms with Crippen molar-refractivity contribution >= 4 is 5.91 Å². The molecule has 0 atom stereocenters. The number of hydrogen-bond acceptors (Lipinski definition) is 1. The van der Waals surface area contributed by atoms with Gasteiger partial charge >= 0.3 is 0 Å². The lowest BCUT2D eigenvalue weighted by atomic mass is 10.1. The third-order valence-corrected chi connectivity index (χ3v) is 2.49. The number of likely N-dealkylation sites (tertiary alicyclic amines) is 1. The van der Waals surface area contributed by atoms with Crippen molar-refractivity contribution < 1.29 is 4.79 Å². The lowest BCUT2D eigenvalue weighted by molar-refractivity contribution is -0.129. The molecule has 1 heterocycles. The van der Waals surface area contributed by atoms with Gasteiger partial charge in [0.05, 0.1) is 0 Å². The fraction of sp³-hybridized carbons (Fsp3) is 0.900. The Balaban J connectivity index is 0.00000121. The molecule has 2 heteroatoms. The van der Waals surface area contributed by atoms with E-state index in [4.69, 9.17) is 0 Å². The van der Waals surface area contributed by atoms with E-state index >= 15 is 0 Å². The molecule has 1 aliphatic rings. The average Bonchev–Trinajstić information content (AvgIpc) is 2.40. The second-order valence-electron chi connectivity index (χ2n) is 3.16. The Hall–Kier alpha value is -0.530. The van der Waals surface area contributed by atoms with Crippen LogP contribution in [0.15, 0.2) is 0 Å². The van der Waals surface area contributed by atoms with Crippen molar-refractivity contribution in [1.82, 2.24) is 4.90 Å². The summed E-state index contributed by atoms with van der Waals surface area (Å²) in [5.74, 6) is 0.360. The molecule has 2 nitrogen and oxygen atoms in total. The Bertz CT molecular complexity index is 141. The van der Waals surface area contributed by atoms with Crippen LogP contribution in [0.4, 0.5) is 0 Å². The van der Waals surface area contributed by atoms with Crippen LogP contribution in [0.5, 0.6) is 0 Å². The van der Waals surface area contributed by atoms with Crippen molar-refractivity contribution in [3.8, 4) is 0 Å². The summed E-state index contributed by atoms with van der Waals surface area (Å²) in [4.78, 5) is 13.3. The zero-order valence-electron chi connectivity index (χ0n) is 7.47. The van der Waals surface area contributed by atoms with E-state index in [1.54, 1.807) is 0 Å². The monoisotopic (exact) mass is 171 g/mol. The van der Waals surface area contributed by atoms with E-state index in [1.165, 1.54) is 0 Å². The van der Waals surface area contributed by atoms with Gasteiger partial charge in [-0.05, 0) is 19.3 Å². The van der Waals surface area contributed by atoms with Gasteiger partial charge < -0.3 is 4.90 Å². The molecule has 0 aromatic rings. The number of rotatable bonds is 3. The van der Waals surface area contributed by atoms with Gasteiger partial charge in [0, 0.05) is 19.0 Å². The van der Waals surface area contributed by atoms with Crippen LogP contribution in [0.25, 0.3) is 0 Å². The second-order valence-corrected chi connectivity index (χ2v) is 3.16. The summed E-state index contributed by atoms with van der Waals surface area (Å²) in [6.45, 7) is 5.30. The largest absolute Gasteiger partial charge is 0.340 e. The van der Waals surface area contributed by atoms with Crippen LogP contribution in [-0.4, -0.2) is 23.4 Å². The summed E-state index contributed by atoms with van der Waals surface area (Å²) in [6, 6.07) is 0.505. The summed E-state index contributed by atoms with van der Waals surface area (Å²) < 4.78 is 0. The number of nitrogens with zero attached hydrogens (tertiary/aromatic N) is 1. The molecule has 0 N–H and O–H groups in total. The molecule has 0 bridgehead atoms. The molecule has 0 spiro atoms. The van der Waals surface area contributed by atoms with Crippen LogP contribution >= 0.6 is 0 Å². The molecule has 0 saturated carbocycles. The van der Waals surface area contributed by atoms with Crippen LogP contribution in [0, 0.1) is 0 Å². The van der Waals surface area contributed by atoms with Gasteiger partial charge in [-0.2, -0.15) is 0 Å². The first-order valence-electron chi connectivity index (χ1n) is 4.59. The Morgan fingerprint density at radius 2 is 2.00 bits per heavy atom. The topological polar surface area (TPSA) is 20.3 Å². The molecule has 1 fully saturated rings. The van der Waals surface area contributed by atoms with Gasteiger partial charge in [0.2, 0.25) is 5.91 Å². The number of amides is 1. The summed E-state index contributed by atoms with van der Waals surface area (Å²) in [6.07, 6.45) is 4.04. The molecule has 0 aliphatic carbocycles. The average molecular weight is 171 g/mol. The molecule has 1 amide bonds. The van der Waals surface area contributed by atoms with Crippen molar-refractivity contribution in [2.75, 3.05) is 6.54 Å². The molecule has 0 unspecified atom stereocenters. The smallest absolute Gasteiger partial charge is 0.222 e. The number of carbonyl (C=O) groups excluding carboxylic acids is 1. The SMILES string of the molecule is C.CCC(CC)N1CCCC1=O. The van der Waals surface area contributed by atoms with Gasteiger partial charge in [-0.1, -0.05) is 21.3 Å². The van der Waals surface area contributed by atoms with Gasteiger partial charge in [-0.3, -0.25) is 4.79 Å². The van der Waals surface area contributed by atoms with E-state index in [1.807, 2.05) is 4.90 Å². The molecule has 1 rings (SSSR count). The molecule has 1 saturated heterocycles. The van der Waals surface area contributed by atoms with Crippen LogP contribution in [0.1, 0.15) is 47.0 Å². The zero-order chi connectivity index (χ0) is 8.27. The molecule has 72 valence electrons. The lowest BCUT2D eigenvalue weighted by Gasteiger charge is -2.25. The van der Waals surface area contributed by atoms with E-state index in [0.717, 1.165) is 32.2 Å². The van der Waals surface area contributed by atoms with Crippen LogP contribution < -0.4 is 0 Å². The lowest BCUT2D eigenvalue weighted by Crippen LogP contribution is -2.35.